The Bertz CT molecular complexity index is 952. The Labute approximate surface area is 151 Å². The molecular weight excluding hydrogens is 330 g/mol. The van der Waals surface area contributed by atoms with E-state index in [0.29, 0.717) is 17.8 Å². The Morgan fingerprint density at radius 2 is 2.23 bits per heavy atom. The van der Waals surface area contributed by atoms with Gasteiger partial charge in [0, 0.05) is 30.7 Å². The Balaban J connectivity index is 1.55. The Hall–Kier alpha value is -2.87. The average molecular weight is 351 g/mol. The van der Waals surface area contributed by atoms with Crippen molar-refractivity contribution in [3.8, 4) is 0 Å². The molecule has 0 bridgehead atoms. The van der Waals surface area contributed by atoms with E-state index in [1.54, 1.807) is 23.0 Å². The fraction of sp³-hybridized carbons (Fsp3) is 0.389. The maximum Gasteiger partial charge on any atom is 0.257 e. The van der Waals surface area contributed by atoms with Gasteiger partial charge in [-0.1, -0.05) is 0 Å². The van der Waals surface area contributed by atoms with Crippen molar-refractivity contribution in [2.45, 2.75) is 32.4 Å². The van der Waals surface area contributed by atoms with Gasteiger partial charge in [0.1, 0.15) is 11.4 Å². The molecule has 4 rings (SSSR count). The van der Waals surface area contributed by atoms with Crippen LogP contribution < -0.4 is 5.32 Å². The highest BCUT2D eigenvalue weighted by Crippen LogP contribution is 2.31. The second-order valence-corrected chi connectivity index (χ2v) is 6.60. The smallest absolute Gasteiger partial charge is 0.257 e. The van der Waals surface area contributed by atoms with Gasteiger partial charge < -0.3 is 5.32 Å². The molecule has 0 aromatic carbocycles. The zero-order chi connectivity index (χ0) is 18.1. The summed E-state index contributed by atoms with van der Waals surface area (Å²) >= 11 is 0. The second-order valence-electron chi connectivity index (χ2n) is 6.60. The molecule has 4 heterocycles. The van der Waals surface area contributed by atoms with Crippen LogP contribution in [0.5, 0.6) is 0 Å². The van der Waals surface area contributed by atoms with E-state index in [2.05, 4.69) is 37.3 Å². The fourth-order valence-corrected chi connectivity index (χ4v) is 3.45. The third-order valence-corrected chi connectivity index (χ3v) is 4.82. The number of nitrogens with zero attached hydrogens (tertiary/aromatic N) is 6. The standard InChI is InChI=1S/C18H21N7O/c1-12-20-9-13(16(23-12)15-5-3-7-24(15)2)10-21-18(26)14-11-22-25-8-4-6-19-17(14)25/h4,6,8-9,11,15H,3,5,7,10H2,1-2H3,(H,21,26)/t15-/m1/s1. The van der Waals surface area contributed by atoms with Gasteiger partial charge in [-0.15, -0.1) is 0 Å². The molecule has 1 aliphatic heterocycles. The first-order chi connectivity index (χ1) is 12.6. The number of carbonyl (C=O) groups is 1. The van der Waals surface area contributed by atoms with Gasteiger partial charge in [-0.25, -0.2) is 19.5 Å². The highest BCUT2D eigenvalue weighted by atomic mass is 16.1. The predicted molar refractivity (Wildman–Crippen MR) is 95.5 cm³/mol. The van der Waals surface area contributed by atoms with Crippen LogP contribution >= 0.6 is 0 Å². The lowest BCUT2D eigenvalue weighted by Crippen LogP contribution is -2.26. The summed E-state index contributed by atoms with van der Waals surface area (Å²) in [5.74, 6) is 0.548. The molecule has 0 radical (unpaired) electrons. The molecule has 0 unspecified atom stereocenters. The van der Waals surface area contributed by atoms with Gasteiger partial charge in [-0.2, -0.15) is 5.10 Å². The highest BCUT2D eigenvalue weighted by molar-refractivity contribution is 5.99. The van der Waals surface area contributed by atoms with Crippen molar-refractivity contribution in [1.29, 1.82) is 0 Å². The summed E-state index contributed by atoms with van der Waals surface area (Å²) in [4.78, 5) is 28.1. The molecule has 8 nitrogen and oxygen atoms in total. The Morgan fingerprint density at radius 3 is 3.04 bits per heavy atom. The minimum absolute atomic E-state index is 0.204. The molecule has 1 saturated heterocycles. The lowest BCUT2D eigenvalue weighted by molar-refractivity contribution is 0.0952. The maximum atomic E-state index is 12.6. The third-order valence-electron chi connectivity index (χ3n) is 4.82. The van der Waals surface area contributed by atoms with E-state index in [0.717, 1.165) is 36.5 Å². The largest absolute Gasteiger partial charge is 0.348 e. The van der Waals surface area contributed by atoms with E-state index in [9.17, 15) is 4.79 Å². The topological polar surface area (TPSA) is 88.3 Å². The SMILES string of the molecule is Cc1ncc(CNC(=O)c2cnn3cccnc23)c([C@H]2CCCN2C)n1. The van der Waals surface area contributed by atoms with E-state index < -0.39 is 0 Å². The molecule has 1 atom stereocenters. The van der Waals surface area contributed by atoms with Crippen molar-refractivity contribution in [1.82, 2.24) is 34.8 Å². The van der Waals surface area contributed by atoms with Crippen LogP contribution in [0.3, 0.4) is 0 Å². The van der Waals surface area contributed by atoms with Crippen LogP contribution in [0.15, 0.2) is 30.9 Å². The summed E-state index contributed by atoms with van der Waals surface area (Å²) < 4.78 is 1.59. The fourth-order valence-electron chi connectivity index (χ4n) is 3.45. The Morgan fingerprint density at radius 1 is 1.35 bits per heavy atom. The highest BCUT2D eigenvalue weighted by Gasteiger charge is 2.26. The normalized spacial score (nSPS) is 17.7. The summed E-state index contributed by atoms with van der Waals surface area (Å²) in [6.45, 7) is 3.34. The molecular formula is C18H21N7O. The van der Waals surface area contributed by atoms with Crippen LogP contribution in [0.1, 0.15) is 46.3 Å². The summed E-state index contributed by atoms with van der Waals surface area (Å²) in [5, 5.41) is 7.12. The number of hydrogen-bond acceptors (Lipinski definition) is 6. The number of rotatable bonds is 4. The molecule has 8 heteroatoms. The number of carbonyl (C=O) groups excluding carboxylic acids is 1. The number of amides is 1. The Kier molecular flexibility index (Phi) is 4.34. The van der Waals surface area contributed by atoms with E-state index in [4.69, 9.17) is 0 Å². The van der Waals surface area contributed by atoms with Crippen molar-refractivity contribution in [2.75, 3.05) is 13.6 Å². The van der Waals surface area contributed by atoms with Crippen LogP contribution in [0.25, 0.3) is 5.65 Å². The number of aryl methyl sites for hydroxylation is 1. The minimum Gasteiger partial charge on any atom is -0.348 e. The molecule has 134 valence electrons. The van der Waals surface area contributed by atoms with E-state index in [-0.39, 0.29) is 11.9 Å². The lowest BCUT2D eigenvalue weighted by atomic mass is 10.1. The van der Waals surface area contributed by atoms with Crippen molar-refractivity contribution in [3.63, 3.8) is 0 Å². The first-order valence-corrected chi connectivity index (χ1v) is 8.72. The number of hydrogen-bond donors (Lipinski definition) is 1. The second kappa shape index (κ2) is 6.80. The zero-order valence-electron chi connectivity index (χ0n) is 14.9. The number of likely N-dealkylation sites (tertiary alicyclic amines) is 1. The van der Waals surface area contributed by atoms with Crippen LogP contribution in [0.4, 0.5) is 0 Å². The number of fused-ring (bicyclic) bond motifs is 1. The lowest BCUT2D eigenvalue weighted by Gasteiger charge is -2.21. The first-order valence-electron chi connectivity index (χ1n) is 8.72. The quantitative estimate of drug-likeness (QED) is 0.767. The molecule has 1 N–H and O–H groups in total. The molecule has 0 aliphatic carbocycles. The molecule has 1 fully saturated rings. The van der Waals surface area contributed by atoms with Crippen molar-refractivity contribution < 1.29 is 4.79 Å². The maximum absolute atomic E-state index is 12.6. The van der Waals surface area contributed by atoms with Crippen molar-refractivity contribution >= 4 is 11.6 Å². The average Bonchev–Trinajstić information content (AvgIpc) is 3.26. The van der Waals surface area contributed by atoms with Gasteiger partial charge in [0.25, 0.3) is 5.91 Å². The minimum atomic E-state index is -0.204. The molecule has 1 amide bonds. The summed E-state index contributed by atoms with van der Waals surface area (Å²) in [5.41, 5.74) is 2.96. The molecule has 3 aromatic rings. The van der Waals surface area contributed by atoms with Crippen LogP contribution in [-0.4, -0.2) is 49.0 Å². The number of nitrogens with one attached hydrogen (secondary N) is 1. The van der Waals surface area contributed by atoms with Gasteiger partial charge in [-0.05, 0) is 39.4 Å². The molecule has 3 aromatic heterocycles. The van der Waals surface area contributed by atoms with E-state index >= 15 is 0 Å². The van der Waals surface area contributed by atoms with Crippen molar-refractivity contribution in [3.05, 3.63) is 53.5 Å². The molecule has 1 aliphatic rings. The van der Waals surface area contributed by atoms with Gasteiger partial charge in [0.15, 0.2) is 5.65 Å². The van der Waals surface area contributed by atoms with Gasteiger partial charge in [-0.3, -0.25) is 9.69 Å². The number of aromatic nitrogens is 5. The zero-order valence-corrected chi connectivity index (χ0v) is 14.9. The summed E-state index contributed by atoms with van der Waals surface area (Å²) in [6.07, 6.45) is 9.00. The first kappa shape index (κ1) is 16.6. The van der Waals surface area contributed by atoms with Crippen molar-refractivity contribution in [2.24, 2.45) is 0 Å². The molecule has 0 saturated carbocycles. The van der Waals surface area contributed by atoms with Gasteiger partial charge in [0.05, 0.1) is 17.9 Å². The molecule has 0 spiro atoms. The summed E-state index contributed by atoms with van der Waals surface area (Å²) in [7, 11) is 2.11. The third kappa shape index (κ3) is 3.03. The molecule has 26 heavy (non-hydrogen) atoms. The van der Waals surface area contributed by atoms with E-state index in [1.165, 1.54) is 6.20 Å². The predicted octanol–water partition coefficient (Wildman–Crippen LogP) is 1.52. The van der Waals surface area contributed by atoms with Crippen LogP contribution in [-0.2, 0) is 6.54 Å². The summed E-state index contributed by atoms with van der Waals surface area (Å²) in [6, 6.07) is 2.05. The van der Waals surface area contributed by atoms with Gasteiger partial charge in [0.2, 0.25) is 0 Å². The van der Waals surface area contributed by atoms with E-state index in [1.807, 2.05) is 13.1 Å². The monoisotopic (exact) mass is 351 g/mol. The van der Waals surface area contributed by atoms with Crippen LogP contribution in [0, 0.1) is 6.92 Å². The van der Waals surface area contributed by atoms with Gasteiger partial charge >= 0.3 is 0 Å². The van der Waals surface area contributed by atoms with Crippen LogP contribution in [0.2, 0.25) is 0 Å².